The van der Waals surface area contributed by atoms with Crippen molar-refractivity contribution in [1.29, 1.82) is 0 Å². The summed E-state index contributed by atoms with van der Waals surface area (Å²) in [5.74, 6) is 0.299. The molecule has 1 N–H and O–H groups in total. The second kappa shape index (κ2) is 3.87. The van der Waals surface area contributed by atoms with E-state index >= 15 is 0 Å². The average molecular weight is 197 g/mol. The maximum atomic E-state index is 11.7. The van der Waals surface area contributed by atoms with E-state index in [0.717, 1.165) is 26.1 Å². The van der Waals surface area contributed by atoms with Gasteiger partial charge < -0.3 is 5.32 Å². The molecule has 2 saturated heterocycles. The summed E-state index contributed by atoms with van der Waals surface area (Å²) in [4.78, 5) is 11.7. The summed E-state index contributed by atoms with van der Waals surface area (Å²) in [5.41, 5.74) is 0. The minimum atomic E-state index is 0.299. The van der Waals surface area contributed by atoms with Crippen LogP contribution in [0.15, 0.2) is 0 Å². The second-order valence-electron chi connectivity index (χ2n) is 4.39. The van der Waals surface area contributed by atoms with E-state index in [9.17, 15) is 4.79 Å². The number of carbonyl (C=O) groups excluding carboxylic acids is 1. The fraction of sp³-hybridized carbons (Fsp3) is 0.900. The van der Waals surface area contributed by atoms with Gasteiger partial charge in [0.2, 0.25) is 5.91 Å². The second-order valence-corrected chi connectivity index (χ2v) is 4.39. The first-order valence-electron chi connectivity index (χ1n) is 5.49. The molecule has 0 radical (unpaired) electrons. The number of hydrogen-bond acceptors (Lipinski definition) is 3. The van der Waals surface area contributed by atoms with Crippen molar-refractivity contribution in [2.75, 3.05) is 19.6 Å². The van der Waals surface area contributed by atoms with Crippen LogP contribution in [0, 0.1) is 0 Å². The molecule has 2 aliphatic heterocycles. The first-order valence-corrected chi connectivity index (χ1v) is 5.49. The predicted molar refractivity (Wildman–Crippen MR) is 54.6 cm³/mol. The van der Waals surface area contributed by atoms with Crippen LogP contribution in [0.25, 0.3) is 0 Å². The molecule has 1 unspecified atom stereocenters. The van der Waals surface area contributed by atoms with E-state index in [1.165, 1.54) is 0 Å². The lowest BCUT2D eigenvalue weighted by Gasteiger charge is -2.35. The van der Waals surface area contributed by atoms with E-state index in [1.54, 1.807) is 0 Å². The van der Waals surface area contributed by atoms with Gasteiger partial charge in [-0.15, -0.1) is 0 Å². The largest absolute Gasteiger partial charge is 0.315 e. The minimum Gasteiger partial charge on any atom is -0.315 e. The van der Waals surface area contributed by atoms with Crippen molar-refractivity contribution in [3.63, 3.8) is 0 Å². The number of nitrogens with one attached hydrogen (secondary N) is 1. The van der Waals surface area contributed by atoms with Crippen LogP contribution in [0.1, 0.15) is 26.7 Å². The van der Waals surface area contributed by atoms with Crippen molar-refractivity contribution in [1.82, 2.24) is 15.3 Å². The topological polar surface area (TPSA) is 35.6 Å². The van der Waals surface area contributed by atoms with Gasteiger partial charge in [-0.2, -0.15) is 0 Å². The number of hydrogen-bond donors (Lipinski definition) is 1. The van der Waals surface area contributed by atoms with Gasteiger partial charge >= 0.3 is 0 Å². The van der Waals surface area contributed by atoms with E-state index < -0.39 is 0 Å². The van der Waals surface area contributed by atoms with Crippen LogP contribution in [-0.2, 0) is 4.79 Å². The molecule has 1 amide bonds. The first kappa shape index (κ1) is 9.93. The monoisotopic (exact) mass is 197 g/mol. The number of carbonyl (C=O) groups is 1. The summed E-state index contributed by atoms with van der Waals surface area (Å²) in [6, 6.07) is 0.828. The van der Waals surface area contributed by atoms with Crippen LogP contribution in [0.2, 0.25) is 0 Å². The van der Waals surface area contributed by atoms with Crippen LogP contribution >= 0.6 is 0 Å². The Labute approximate surface area is 85.2 Å². The Morgan fingerprint density at radius 2 is 2.29 bits per heavy atom. The molecule has 0 bridgehead atoms. The number of rotatable bonds is 2. The van der Waals surface area contributed by atoms with Crippen molar-refractivity contribution in [3.05, 3.63) is 0 Å². The molecule has 0 aromatic heterocycles. The lowest BCUT2D eigenvalue weighted by molar-refractivity contribution is -0.144. The zero-order valence-electron chi connectivity index (χ0n) is 8.99. The predicted octanol–water partition coefficient (Wildman–Crippen LogP) is 0.206. The zero-order chi connectivity index (χ0) is 10.1. The Morgan fingerprint density at radius 1 is 1.50 bits per heavy atom. The van der Waals surface area contributed by atoms with Crippen molar-refractivity contribution < 1.29 is 4.79 Å². The zero-order valence-corrected chi connectivity index (χ0v) is 8.99. The molecule has 4 heteroatoms. The SMILES string of the molecule is CC(C)N1CCC(=O)N1C1CCNC1. The number of amides is 1. The normalized spacial score (nSPS) is 29.5. The smallest absolute Gasteiger partial charge is 0.238 e. The van der Waals surface area contributed by atoms with Gasteiger partial charge in [0, 0.05) is 25.6 Å². The quantitative estimate of drug-likeness (QED) is 0.687. The van der Waals surface area contributed by atoms with E-state index in [-0.39, 0.29) is 0 Å². The van der Waals surface area contributed by atoms with Crippen molar-refractivity contribution in [3.8, 4) is 0 Å². The molecule has 0 aromatic carbocycles. The van der Waals surface area contributed by atoms with Crippen LogP contribution in [-0.4, -0.2) is 47.6 Å². The van der Waals surface area contributed by atoms with Gasteiger partial charge in [0.05, 0.1) is 6.04 Å². The van der Waals surface area contributed by atoms with E-state index in [0.29, 0.717) is 24.4 Å². The van der Waals surface area contributed by atoms with Crippen LogP contribution < -0.4 is 5.32 Å². The van der Waals surface area contributed by atoms with E-state index in [2.05, 4.69) is 24.2 Å². The van der Waals surface area contributed by atoms with Crippen molar-refractivity contribution >= 4 is 5.91 Å². The molecule has 1 atom stereocenters. The molecule has 2 fully saturated rings. The molecule has 2 aliphatic rings. The molecule has 80 valence electrons. The van der Waals surface area contributed by atoms with Gasteiger partial charge in [-0.1, -0.05) is 0 Å². The van der Waals surface area contributed by atoms with E-state index in [4.69, 9.17) is 0 Å². The summed E-state index contributed by atoms with van der Waals surface area (Å²) in [5, 5.41) is 7.51. The third kappa shape index (κ3) is 1.64. The summed E-state index contributed by atoms with van der Waals surface area (Å²) in [6.45, 7) is 7.18. The standard InChI is InChI=1S/C10H19N3O/c1-8(2)12-6-4-10(14)13(12)9-3-5-11-7-9/h8-9,11H,3-7H2,1-2H3. The van der Waals surface area contributed by atoms with Gasteiger partial charge in [-0.25, -0.2) is 5.01 Å². The number of hydrazine groups is 1. The average Bonchev–Trinajstić information content (AvgIpc) is 2.71. The van der Waals surface area contributed by atoms with Gasteiger partial charge in [-0.3, -0.25) is 9.80 Å². The Hall–Kier alpha value is -0.610. The highest BCUT2D eigenvalue weighted by atomic mass is 16.2. The molecule has 4 nitrogen and oxygen atoms in total. The lowest BCUT2D eigenvalue weighted by atomic mass is 10.2. The molecule has 2 heterocycles. The molecule has 0 saturated carbocycles. The summed E-state index contributed by atoms with van der Waals surface area (Å²) in [6.07, 6.45) is 1.78. The first-order chi connectivity index (χ1) is 6.70. The molecule has 0 aliphatic carbocycles. The maximum Gasteiger partial charge on any atom is 0.238 e. The lowest BCUT2D eigenvalue weighted by Crippen LogP contribution is -2.49. The third-order valence-corrected chi connectivity index (χ3v) is 3.06. The Morgan fingerprint density at radius 3 is 2.86 bits per heavy atom. The fourth-order valence-electron chi connectivity index (χ4n) is 2.34. The molecular formula is C10H19N3O. The molecule has 0 aromatic rings. The summed E-state index contributed by atoms with van der Waals surface area (Å²) >= 11 is 0. The molecule has 14 heavy (non-hydrogen) atoms. The molecule has 2 rings (SSSR count). The van der Waals surface area contributed by atoms with Crippen LogP contribution in [0.5, 0.6) is 0 Å². The highest BCUT2D eigenvalue weighted by Crippen LogP contribution is 2.21. The van der Waals surface area contributed by atoms with Gasteiger partial charge in [0.25, 0.3) is 0 Å². The van der Waals surface area contributed by atoms with Gasteiger partial charge in [0.1, 0.15) is 0 Å². The highest BCUT2D eigenvalue weighted by molar-refractivity contribution is 5.78. The summed E-state index contributed by atoms with van der Waals surface area (Å²) < 4.78 is 0. The number of nitrogens with zero attached hydrogens (tertiary/aromatic N) is 2. The van der Waals surface area contributed by atoms with Crippen molar-refractivity contribution in [2.24, 2.45) is 0 Å². The van der Waals surface area contributed by atoms with Gasteiger partial charge in [-0.05, 0) is 26.8 Å². The van der Waals surface area contributed by atoms with Crippen LogP contribution in [0.4, 0.5) is 0 Å². The fourth-order valence-corrected chi connectivity index (χ4v) is 2.34. The Bertz CT molecular complexity index is 223. The minimum absolute atomic E-state index is 0.299. The summed E-state index contributed by atoms with van der Waals surface area (Å²) in [7, 11) is 0. The Balaban J connectivity index is 2.08. The van der Waals surface area contributed by atoms with Gasteiger partial charge in [0.15, 0.2) is 0 Å². The Kier molecular flexibility index (Phi) is 2.74. The third-order valence-electron chi connectivity index (χ3n) is 3.06. The van der Waals surface area contributed by atoms with Crippen molar-refractivity contribution in [2.45, 2.75) is 38.8 Å². The molecule has 0 spiro atoms. The van der Waals surface area contributed by atoms with E-state index in [1.807, 2.05) is 5.01 Å². The molecular weight excluding hydrogens is 178 g/mol. The van der Waals surface area contributed by atoms with Crippen LogP contribution in [0.3, 0.4) is 0 Å². The maximum absolute atomic E-state index is 11.7. The highest BCUT2D eigenvalue weighted by Gasteiger charge is 2.36.